The molecule has 0 saturated heterocycles. The molecule has 5 heteroatoms. The van der Waals surface area contributed by atoms with Crippen molar-refractivity contribution in [2.75, 3.05) is 11.9 Å². The van der Waals surface area contributed by atoms with Gasteiger partial charge in [-0.1, -0.05) is 32.0 Å². The number of hydrogen-bond acceptors (Lipinski definition) is 4. The van der Waals surface area contributed by atoms with Crippen molar-refractivity contribution in [2.24, 2.45) is 0 Å². The quantitative estimate of drug-likeness (QED) is 0.541. The van der Waals surface area contributed by atoms with Crippen LogP contribution in [0.15, 0.2) is 42.5 Å². The normalized spacial score (nSPS) is 10.9. The monoisotopic (exact) mass is 394 g/mol. The number of carbonyl (C=O) groups is 1. The third-order valence-electron chi connectivity index (χ3n) is 4.58. The molecule has 3 aromatic rings. The fourth-order valence-corrected chi connectivity index (χ4v) is 4.07. The molecule has 0 atom stereocenters. The van der Waals surface area contributed by atoms with E-state index in [0.29, 0.717) is 17.4 Å². The Bertz CT molecular complexity index is 975. The number of anilines is 1. The van der Waals surface area contributed by atoms with Gasteiger partial charge in [0, 0.05) is 11.3 Å². The van der Waals surface area contributed by atoms with Crippen LogP contribution in [0.4, 0.5) is 5.69 Å². The molecule has 1 amide bonds. The fraction of sp³-hybridized carbons (Fsp3) is 0.304. The molecule has 2 aromatic carbocycles. The van der Waals surface area contributed by atoms with Crippen LogP contribution in [0.3, 0.4) is 0 Å². The maximum atomic E-state index is 13.0. The molecule has 0 fully saturated rings. The molecule has 146 valence electrons. The first-order chi connectivity index (χ1) is 13.4. The van der Waals surface area contributed by atoms with E-state index in [0.717, 1.165) is 38.8 Å². The predicted molar refractivity (Wildman–Crippen MR) is 117 cm³/mol. The van der Waals surface area contributed by atoms with Crippen LogP contribution in [0, 0.1) is 13.8 Å². The second-order valence-corrected chi connectivity index (χ2v) is 8.04. The van der Waals surface area contributed by atoms with Gasteiger partial charge >= 0.3 is 0 Å². The smallest absolute Gasteiger partial charge is 0.267 e. The Morgan fingerprint density at radius 1 is 1.14 bits per heavy atom. The summed E-state index contributed by atoms with van der Waals surface area (Å²) >= 11 is 1.42. The zero-order valence-electron chi connectivity index (χ0n) is 17.0. The molecule has 28 heavy (non-hydrogen) atoms. The first kappa shape index (κ1) is 20.1. The summed E-state index contributed by atoms with van der Waals surface area (Å²) in [5.41, 5.74) is 4.83. The lowest BCUT2D eigenvalue weighted by atomic mass is 9.98. The molecule has 0 unspecified atom stereocenters. The fourth-order valence-electron chi connectivity index (χ4n) is 3.10. The average Bonchev–Trinajstić information content (AvgIpc) is 3.06. The molecule has 0 spiro atoms. The number of thiazole rings is 1. The van der Waals surface area contributed by atoms with Gasteiger partial charge in [0.05, 0.1) is 12.3 Å². The van der Waals surface area contributed by atoms with Gasteiger partial charge < -0.3 is 10.1 Å². The van der Waals surface area contributed by atoms with E-state index < -0.39 is 0 Å². The van der Waals surface area contributed by atoms with Gasteiger partial charge in [0.1, 0.15) is 15.6 Å². The Morgan fingerprint density at radius 3 is 2.50 bits per heavy atom. The number of hydrogen-bond donors (Lipinski definition) is 1. The van der Waals surface area contributed by atoms with E-state index in [1.807, 2.05) is 57.2 Å². The number of benzene rings is 2. The molecule has 1 heterocycles. The molecule has 0 bridgehead atoms. The highest BCUT2D eigenvalue weighted by Gasteiger charge is 2.19. The molecule has 0 aliphatic carbocycles. The highest BCUT2D eigenvalue weighted by atomic mass is 32.1. The lowest BCUT2D eigenvalue weighted by Gasteiger charge is -2.16. The topological polar surface area (TPSA) is 51.2 Å². The number of carbonyl (C=O) groups excluding carboxylic acids is 1. The molecule has 0 aliphatic heterocycles. The molecule has 1 aromatic heterocycles. The maximum absolute atomic E-state index is 13.0. The van der Waals surface area contributed by atoms with Crippen molar-refractivity contribution in [3.8, 4) is 16.3 Å². The van der Waals surface area contributed by atoms with Crippen molar-refractivity contribution >= 4 is 22.9 Å². The second kappa shape index (κ2) is 8.57. The number of nitrogens with zero attached hydrogens (tertiary/aromatic N) is 1. The Morgan fingerprint density at radius 2 is 1.86 bits per heavy atom. The van der Waals surface area contributed by atoms with Crippen LogP contribution in [0.25, 0.3) is 10.6 Å². The summed E-state index contributed by atoms with van der Waals surface area (Å²) in [5, 5.41) is 3.95. The molecule has 1 N–H and O–H groups in total. The summed E-state index contributed by atoms with van der Waals surface area (Å²) in [6.07, 6.45) is 0. The number of aromatic nitrogens is 1. The van der Waals surface area contributed by atoms with Crippen LogP contribution in [0.1, 0.15) is 53.2 Å². The van der Waals surface area contributed by atoms with Gasteiger partial charge in [-0.25, -0.2) is 4.98 Å². The van der Waals surface area contributed by atoms with Gasteiger partial charge in [-0.05, 0) is 62.1 Å². The Balaban J connectivity index is 1.86. The number of aryl methyl sites for hydroxylation is 2. The lowest BCUT2D eigenvalue weighted by molar-refractivity contribution is 0.102. The minimum atomic E-state index is -0.108. The molecule has 0 aliphatic rings. The van der Waals surface area contributed by atoms with E-state index in [1.54, 1.807) is 0 Å². The van der Waals surface area contributed by atoms with Crippen LogP contribution < -0.4 is 10.1 Å². The lowest BCUT2D eigenvalue weighted by Crippen LogP contribution is -2.14. The van der Waals surface area contributed by atoms with Crippen molar-refractivity contribution in [1.82, 2.24) is 4.98 Å². The highest BCUT2D eigenvalue weighted by Crippen LogP contribution is 2.32. The Kier molecular flexibility index (Phi) is 6.15. The van der Waals surface area contributed by atoms with E-state index in [4.69, 9.17) is 4.74 Å². The summed E-state index contributed by atoms with van der Waals surface area (Å²) in [5.74, 6) is 1.05. The van der Waals surface area contributed by atoms with Crippen LogP contribution in [-0.2, 0) is 0 Å². The van der Waals surface area contributed by atoms with E-state index in [2.05, 4.69) is 30.2 Å². The van der Waals surface area contributed by atoms with Crippen LogP contribution in [-0.4, -0.2) is 17.5 Å². The third-order valence-corrected chi connectivity index (χ3v) is 5.79. The minimum Gasteiger partial charge on any atom is -0.494 e. The van der Waals surface area contributed by atoms with Gasteiger partial charge in [-0.3, -0.25) is 4.79 Å². The highest BCUT2D eigenvalue weighted by molar-refractivity contribution is 7.17. The number of rotatable bonds is 6. The van der Waals surface area contributed by atoms with E-state index in [1.165, 1.54) is 11.3 Å². The largest absolute Gasteiger partial charge is 0.494 e. The zero-order chi connectivity index (χ0) is 20.3. The summed E-state index contributed by atoms with van der Waals surface area (Å²) in [7, 11) is 0. The van der Waals surface area contributed by atoms with Crippen molar-refractivity contribution < 1.29 is 9.53 Å². The average molecular weight is 395 g/mol. The van der Waals surface area contributed by atoms with Gasteiger partial charge in [-0.15, -0.1) is 11.3 Å². The molecular weight excluding hydrogens is 368 g/mol. The van der Waals surface area contributed by atoms with E-state index in [9.17, 15) is 4.79 Å². The van der Waals surface area contributed by atoms with Gasteiger partial charge in [0.15, 0.2) is 0 Å². The number of amides is 1. The van der Waals surface area contributed by atoms with Crippen molar-refractivity contribution in [2.45, 2.75) is 40.5 Å². The SMILES string of the molecule is CCOc1ccc(-c2nc(C)c(C(=O)Nc3c(C)cccc3C(C)C)s2)cc1. The summed E-state index contributed by atoms with van der Waals surface area (Å²) in [4.78, 5) is 18.2. The first-order valence-electron chi connectivity index (χ1n) is 9.52. The zero-order valence-corrected chi connectivity index (χ0v) is 17.8. The standard InChI is InChI=1S/C23H26N2O2S/c1-6-27-18-12-10-17(11-13-18)23-24-16(5)21(28-23)22(26)25-20-15(4)8-7-9-19(20)14(2)3/h7-14H,6H2,1-5H3,(H,25,26). The van der Waals surface area contributed by atoms with Crippen molar-refractivity contribution in [1.29, 1.82) is 0 Å². The molecule has 4 nitrogen and oxygen atoms in total. The summed E-state index contributed by atoms with van der Waals surface area (Å²) < 4.78 is 5.49. The molecule has 0 saturated carbocycles. The molecule has 0 radical (unpaired) electrons. The van der Waals surface area contributed by atoms with Gasteiger partial charge in [0.2, 0.25) is 0 Å². The van der Waals surface area contributed by atoms with Crippen LogP contribution >= 0.6 is 11.3 Å². The minimum absolute atomic E-state index is 0.108. The summed E-state index contributed by atoms with van der Waals surface area (Å²) in [6, 6.07) is 13.9. The van der Waals surface area contributed by atoms with Gasteiger partial charge in [0.25, 0.3) is 5.91 Å². The first-order valence-corrected chi connectivity index (χ1v) is 10.3. The van der Waals surface area contributed by atoms with Crippen LogP contribution in [0.5, 0.6) is 5.75 Å². The second-order valence-electron chi connectivity index (χ2n) is 7.04. The van der Waals surface area contributed by atoms with Gasteiger partial charge in [-0.2, -0.15) is 0 Å². The maximum Gasteiger partial charge on any atom is 0.267 e. The van der Waals surface area contributed by atoms with Crippen LogP contribution in [0.2, 0.25) is 0 Å². The number of ether oxygens (including phenoxy) is 1. The van der Waals surface area contributed by atoms with Crippen molar-refractivity contribution in [3.63, 3.8) is 0 Å². The van der Waals surface area contributed by atoms with Crippen molar-refractivity contribution in [3.05, 3.63) is 64.2 Å². The van der Waals surface area contributed by atoms with E-state index in [-0.39, 0.29) is 5.91 Å². The molecule has 3 rings (SSSR count). The Labute approximate surface area is 170 Å². The van der Waals surface area contributed by atoms with E-state index >= 15 is 0 Å². The Hall–Kier alpha value is -2.66. The third kappa shape index (κ3) is 4.25. The number of nitrogens with one attached hydrogen (secondary N) is 1. The number of para-hydroxylation sites is 1. The predicted octanol–water partition coefficient (Wildman–Crippen LogP) is 6.20. The molecular formula is C23H26N2O2S. The summed E-state index contributed by atoms with van der Waals surface area (Å²) in [6.45, 7) is 10.8.